The maximum absolute atomic E-state index is 15.0. The highest BCUT2D eigenvalue weighted by molar-refractivity contribution is 7.59. The molecule has 5 rings (SSSR count). The summed E-state index contributed by atoms with van der Waals surface area (Å²) in [7, 11) is -3.91. The van der Waals surface area contributed by atoms with Gasteiger partial charge in [0.2, 0.25) is 7.44 Å². The monoisotopic (exact) mass is 727 g/mol. The van der Waals surface area contributed by atoms with Crippen LogP contribution >= 0.6 is 7.44 Å². The minimum absolute atomic E-state index is 0.0995. The van der Waals surface area contributed by atoms with Gasteiger partial charge in [-0.2, -0.15) is 0 Å². The van der Waals surface area contributed by atoms with E-state index in [1.165, 1.54) is 6.33 Å². The van der Waals surface area contributed by atoms with Gasteiger partial charge in [0.25, 0.3) is 0 Å². The van der Waals surface area contributed by atoms with Gasteiger partial charge in [-0.15, -0.1) is 0 Å². The molecule has 3 heterocycles. The van der Waals surface area contributed by atoms with Crippen LogP contribution in [0.1, 0.15) is 38.8 Å². The first kappa shape index (κ1) is 38.3. The lowest BCUT2D eigenvalue weighted by Gasteiger charge is -2.29. The summed E-state index contributed by atoms with van der Waals surface area (Å²) in [5, 5.41) is 6.77. The second-order valence-corrected chi connectivity index (χ2v) is 15.2. The normalized spacial score (nSPS) is 13.0. The largest absolute Gasteiger partial charge is 0.462 e. The first-order valence-corrected chi connectivity index (χ1v) is 19.1. The zero-order chi connectivity index (χ0) is 37.1. The number of ether oxygens (including phenoxy) is 3. The second kappa shape index (κ2) is 18.0. The van der Waals surface area contributed by atoms with Gasteiger partial charge < -0.3 is 24.5 Å². The fraction of sp³-hybridized carbons (Fsp3) is 0.342. The van der Waals surface area contributed by atoms with Gasteiger partial charge in [0, 0.05) is 24.5 Å². The molecule has 0 aliphatic carbocycles. The third-order valence-electron chi connectivity index (χ3n) is 7.94. The number of carbonyl (C=O) groups is 2. The Labute approximate surface area is 303 Å². The van der Waals surface area contributed by atoms with Crippen molar-refractivity contribution < 1.29 is 28.4 Å². The van der Waals surface area contributed by atoms with Gasteiger partial charge >= 0.3 is 11.9 Å². The molecule has 14 heteroatoms. The van der Waals surface area contributed by atoms with Crippen LogP contribution in [0.2, 0.25) is 0 Å². The molecule has 3 aromatic heterocycles. The van der Waals surface area contributed by atoms with E-state index in [0.717, 1.165) is 16.7 Å². The van der Waals surface area contributed by atoms with Crippen LogP contribution in [0.15, 0.2) is 97.6 Å². The SMILES string of the molecule is CC(C)OC(=O)[C@H](Cc1ccccc1)NP(=O)(COCCn1cc(-c2ccccn2)c2c(N)ncnc21)N[C@@H](Cc1ccccc1)C(=O)OC(C)C. The average Bonchev–Trinajstić information content (AvgIpc) is 3.50. The Hall–Kier alpha value is -4.94. The topological polar surface area (TPSA) is 173 Å². The predicted molar refractivity (Wildman–Crippen MR) is 200 cm³/mol. The number of nitrogens with zero attached hydrogens (tertiary/aromatic N) is 4. The molecule has 52 heavy (non-hydrogen) atoms. The van der Waals surface area contributed by atoms with Crippen molar-refractivity contribution >= 4 is 36.2 Å². The lowest BCUT2D eigenvalue weighted by Crippen LogP contribution is -2.47. The molecule has 0 fully saturated rings. The lowest BCUT2D eigenvalue weighted by molar-refractivity contribution is -0.150. The number of rotatable bonds is 18. The highest BCUT2D eigenvalue weighted by Gasteiger charge is 2.36. The molecular formula is C38H46N7O6P. The summed E-state index contributed by atoms with van der Waals surface area (Å²) in [6.07, 6.45) is 4.16. The number of hydrogen-bond donors (Lipinski definition) is 3. The van der Waals surface area contributed by atoms with Crippen molar-refractivity contribution in [2.24, 2.45) is 0 Å². The number of esters is 2. The van der Waals surface area contributed by atoms with Crippen LogP contribution in [0.3, 0.4) is 0 Å². The maximum atomic E-state index is 15.0. The molecule has 0 radical (unpaired) electrons. The zero-order valence-corrected chi connectivity index (χ0v) is 30.7. The highest BCUT2D eigenvalue weighted by atomic mass is 31.2. The van der Waals surface area contributed by atoms with Crippen molar-refractivity contribution in [3.05, 3.63) is 109 Å². The summed E-state index contributed by atoms with van der Waals surface area (Å²) >= 11 is 0. The van der Waals surface area contributed by atoms with E-state index in [9.17, 15) is 9.59 Å². The van der Waals surface area contributed by atoms with Crippen LogP contribution < -0.4 is 15.9 Å². The van der Waals surface area contributed by atoms with Crippen LogP contribution in [0, 0.1) is 0 Å². The Kier molecular flexibility index (Phi) is 13.3. The first-order valence-electron chi connectivity index (χ1n) is 17.2. The van der Waals surface area contributed by atoms with E-state index in [4.69, 9.17) is 19.9 Å². The third-order valence-corrected chi connectivity index (χ3v) is 9.94. The summed E-state index contributed by atoms with van der Waals surface area (Å²) in [5.41, 5.74) is 10.0. The van der Waals surface area contributed by atoms with E-state index in [1.54, 1.807) is 33.9 Å². The summed E-state index contributed by atoms with van der Waals surface area (Å²) in [6, 6.07) is 22.2. The molecule has 0 unspecified atom stereocenters. The van der Waals surface area contributed by atoms with Crippen molar-refractivity contribution in [2.75, 3.05) is 18.7 Å². The fourth-order valence-electron chi connectivity index (χ4n) is 5.70. The van der Waals surface area contributed by atoms with Crippen LogP contribution in [0.5, 0.6) is 0 Å². The van der Waals surface area contributed by atoms with Crippen molar-refractivity contribution in [3.63, 3.8) is 0 Å². The lowest BCUT2D eigenvalue weighted by atomic mass is 10.1. The minimum Gasteiger partial charge on any atom is -0.462 e. The molecule has 2 aromatic carbocycles. The second-order valence-electron chi connectivity index (χ2n) is 12.9. The zero-order valence-electron chi connectivity index (χ0n) is 29.8. The quantitative estimate of drug-likeness (QED) is 0.0585. The van der Waals surface area contributed by atoms with Crippen LogP contribution in [-0.2, 0) is 47.8 Å². The molecule has 0 aliphatic heterocycles. The summed E-state index contributed by atoms with van der Waals surface area (Å²) in [4.78, 5) is 40.1. The molecule has 0 spiro atoms. The fourth-order valence-corrected chi connectivity index (χ4v) is 7.71. The molecule has 2 atom stereocenters. The molecule has 4 N–H and O–H groups in total. The highest BCUT2D eigenvalue weighted by Crippen LogP contribution is 2.39. The van der Waals surface area contributed by atoms with E-state index < -0.39 is 43.7 Å². The van der Waals surface area contributed by atoms with Gasteiger partial charge in [-0.1, -0.05) is 66.7 Å². The number of anilines is 1. The van der Waals surface area contributed by atoms with E-state index in [0.29, 0.717) is 29.1 Å². The summed E-state index contributed by atoms with van der Waals surface area (Å²) < 4.78 is 34.2. The van der Waals surface area contributed by atoms with Gasteiger partial charge in [0.1, 0.15) is 36.2 Å². The van der Waals surface area contributed by atoms with Crippen molar-refractivity contribution in [1.29, 1.82) is 0 Å². The van der Waals surface area contributed by atoms with Gasteiger partial charge in [-0.05, 0) is 63.8 Å². The molecule has 274 valence electrons. The number of benzene rings is 2. The van der Waals surface area contributed by atoms with Crippen molar-refractivity contribution in [2.45, 2.75) is 71.4 Å². The van der Waals surface area contributed by atoms with Gasteiger partial charge in [-0.25, -0.2) is 20.1 Å². The number of fused-ring (bicyclic) bond motifs is 1. The van der Waals surface area contributed by atoms with Crippen LogP contribution in [0.25, 0.3) is 22.3 Å². The van der Waals surface area contributed by atoms with E-state index in [2.05, 4.69) is 25.1 Å². The van der Waals surface area contributed by atoms with Gasteiger partial charge in [0.05, 0.1) is 29.9 Å². The predicted octanol–water partition coefficient (Wildman–Crippen LogP) is 5.55. The Morgan fingerprint density at radius 1 is 0.788 bits per heavy atom. The molecule has 0 saturated carbocycles. The van der Waals surface area contributed by atoms with Crippen molar-refractivity contribution in [3.8, 4) is 11.3 Å². The Bertz CT molecular complexity index is 1890. The van der Waals surface area contributed by atoms with E-state index in [-0.39, 0.29) is 25.8 Å². The molecule has 0 saturated heterocycles. The number of carbonyl (C=O) groups excluding carboxylic acids is 2. The summed E-state index contributed by atoms with van der Waals surface area (Å²) in [6.45, 7) is 7.41. The molecule has 13 nitrogen and oxygen atoms in total. The van der Waals surface area contributed by atoms with Crippen LogP contribution in [-0.4, -0.2) is 68.7 Å². The standard InChI is InChI=1S/C38H46N7O6P/c1-26(2)50-37(46)32(21-28-13-7-5-8-14-28)43-52(48,44-33(38(47)51-27(3)4)22-29-15-9-6-10-16-29)25-49-20-19-45-23-30(31-17-11-12-18-40-31)34-35(39)41-24-42-36(34)45/h5-18,23-24,26-27,32-33H,19-22,25H2,1-4H3,(H2,39,41,42)(H2,43,44,48)/t32-,33-/m0/s1. The number of nitrogen functional groups attached to an aromatic ring is 1. The number of nitrogens with two attached hydrogens (primary N) is 1. The molecule has 0 bridgehead atoms. The molecular weight excluding hydrogens is 681 g/mol. The van der Waals surface area contributed by atoms with E-state index in [1.807, 2.05) is 89.6 Å². The number of nitrogens with one attached hydrogen (secondary N) is 2. The number of pyridine rings is 1. The number of aromatic nitrogens is 4. The first-order chi connectivity index (χ1) is 25.0. The Morgan fingerprint density at radius 3 is 1.87 bits per heavy atom. The summed E-state index contributed by atoms with van der Waals surface area (Å²) in [5.74, 6) is -0.842. The Balaban J connectivity index is 1.42. The number of hydrogen-bond acceptors (Lipinski definition) is 10. The van der Waals surface area contributed by atoms with Gasteiger partial charge in [0.15, 0.2) is 0 Å². The third kappa shape index (κ3) is 10.5. The average molecular weight is 728 g/mol. The molecule has 0 aliphatic rings. The van der Waals surface area contributed by atoms with Crippen molar-refractivity contribution in [1.82, 2.24) is 29.7 Å². The molecule has 5 aromatic rings. The molecule has 0 amide bonds. The van der Waals surface area contributed by atoms with Crippen LogP contribution in [0.4, 0.5) is 5.82 Å². The minimum atomic E-state index is -3.91. The Morgan fingerprint density at radius 2 is 1.35 bits per heavy atom. The van der Waals surface area contributed by atoms with E-state index >= 15 is 4.57 Å². The maximum Gasteiger partial charge on any atom is 0.324 e. The smallest absolute Gasteiger partial charge is 0.324 e. The van der Waals surface area contributed by atoms with Gasteiger partial charge in [-0.3, -0.25) is 19.1 Å².